The van der Waals surface area contributed by atoms with Crippen molar-refractivity contribution in [3.8, 4) is 5.75 Å². The van der Waals surface area contributed by atoms with Gasteiger partial charge in [-0.05, 0) is 25.0 Å². The molecule has 9 heteroatoms. The molecule has 166 valence electrons. The number of carboxylic acid groups (broad SMARTS) is 1. The number of benzene rings is 1. The Labute approximate surface area is 183 Å². The Morgan fingerprint density at radius 2 is 2.03 bits per heavy atom. The summed E-state index contributed by atoms with van der Waals surface area (Å²) in [4.78, 5) is 30.5. The number of methoxy groups -OCH3 is 1. The molecular formula is C23H23FN4O4. The third kappa shape index (κ3) is 3.29. The average Bonchev–Trinajstić information content (AvgIpc) is 3.55. The monoisotopic (exact) mass is 438 g/mol. The van der Waals surface area contributed by atoms with Crippen LogP contribution in [0, 0.1) is 5.82 Å². The Balaban J connectivity index is 1.59. The van der Waals surface area contributed by atoms with Gasteiger partial charge in [-0.1, -0.05) is 18.2 Å². The summed E-state index contributed by atoms with van der Waals surface area (Å²) in [5.41, 5.74) is 6.57. The van der Waals surface area contributed by atoms with Crippen molar-refractivity contribution >= 4 is 22.8 Å². The third-order valence-electron chi connectivity index (χ3n) is 6.31. The average molecular weight is 438 g/mol. The molecule has 2 atom stereocenters. The van der Waals surface area contributed by atoms with Crippen LogP contribution in [-0.2, 0) is 0 Å². The second kappa shape index (κ2) is 7.59. The van der Waals surface area contributed by atoms with E-state index in [0.29, 0.717) is 18.7 Å². The predicted octanol–water partition coefficient (Wildman–Crippen LogP) is 2.51. The summed E-state index contributed by atoms with van der Waals surface area (Å²) in [6.45, 7) is 0.830. The van der Waals surface area contributed by atoms with E-state index in [1.54, 1.807) is 16.6 Å². The number of para-hydroxylation sites is 1. The standard InChI is InChI=1S/C23H23FN4O4/c1-32-19-5-3-2-4-13(19)15-9-27(11-18(15)25)22-17(24)8-14-20(29)16(23(30)31)10-28(12-6-7-12)21(14)26-22/h2-5,8,10,12,15,18H,6-7,9,11,25H2,1H3,(H,30,31)/t15-,18+/m1/s1. The third-order valence-corrected chi connectivity index (χ3v) is 6.31. The molecule has 0 unspecified atom stereocenters. The first-order chi connectivity index (χ1) is 15.4. The first kappa shape index (κ1) is 20.4. The van der Waals surface area contributed by atoms with Crippen molar-refractivity contribution in [3.05, 3.63) is 63.7 Å². The molecule has 3 heterocycles. The zero-order chi connectivity index (χ0) is 22.6. The minimum absolute atomic E-state index is 0.0252. The van der Waals surface area contributed by atoms with Gasteiger partial charge in [-0.3, -0.25) is 4.79 Å². The van der Waals surface area contributed by atoms with Gasteiger partial charge in [0.1, 0.15) is 17.0 Å². The maximum atomic E-state index is 15.2. The number of hydrogen-bond acceptors (Lipinski definition) is 6. The van der Waals surface area contributed by atoms with Crippen LogP contribution in [0.5, 0.6) is 5.75 Å². The molecule has 2 fully saturated rings. The molecule has 5 rings (SSSR count). The van der Waals surface area contributed by atoms with Crippen LogP contribution in [-0.4, -0.2) is 46.9 Å². The molecule has 1 aliphatic carbocycles. The second-order valence-electron chi connectivity index (χ2n) is 8.40. The van der Waals surface area contributed by atoms with E-state index in [1.165, 1.54) is 6.20 Å². The normalized spacial score (nSPS) is 20.7. The molecular weight excluding hydrogens is 415 g/mol. The molecule has 2 aromatic heterocycles. The number of carboxylic acids is 1. The van der Waals surface area contributed by atoms with Crippen LogP contribution in [0.2, 0.25) is 0 Å². The van der Waals surface area contributed by atoms with E-state index in [4.69, 9.17) is 10.5 Å². The Hall–Kier alpha value is -3.46. The first-order valence-electron chi connectivity index (χ1n) is 10.5. The number of nitrogens with two attached hydrogens (primary N) is 1. The lowest BCUT2D eigenvalue weighted by Gasteiger charge is -2.20. The molecule has 3 N–H and O–H groups in total. The SMILES string of the molecule is COc1ccccc1[C@H]1CN(c2nc3c(cc2F)c(=O)c(C(=O)O)cn3C2CC2)C[C@@H]1N. The van der Waals surface area contributed by atoms with E-state index in [-0.39, 0.29) is 34.8 Å². The van der Waals surface area contributed by atoms with Crippen LogP contribution < -0.4 is 20.8 Å². The quantitative estimate of drug-likeness (QED) is 0.630. The molecule has 1 aromatic carbocycles. The number of pyridine rings is 2. The van der Waals surface area contributed by atoms with Crippen molar-refractivity contribution in [2.45, 2.75) is 30.8 Å². The predicted molar refractivity (Wildman–Crippen MR) is 117 cm³/mol. The van der Waals surface area contributed by atoms with Crippen LogP contribution in [0.15, 0.2) is 41.3 Å². The minimum atomic E-state index is -1.33. The number of nitrogens with zero attached hydrogens (tertiary/aromatic N) is 3. The number of rotatable bonds is 5. The summed E-state index contributed by atoms with van der Waals surface area (Å²) in [7, 11) is 1.60. The number of ether oxygens (including phenoxy) is 1. The van der Waals surface area contributed by atoms with Gasteiger partial charge in [0, 0.05) is 42.9 Å². The van der Waals surface area contributed by atoms with Gasteiger partial charge in [-0.25, -0.2) is 14.2 Å². The maximum absolute atomic E-state index is 15.2. The van der Waals surface area contributed by atoms with Gasteiger partial charge in [-0.2, -0.15) is 0 Å². The van der Waals surface area contributed by atoms with Crippen LogP contribution in [0.3, 0.4) is 0 Å². The topological polar surface area (TPSA) is 111 Å². The highest BCUT2D eigenvalue weighted by Crippen LogP contribution is 2.38. The molecule has 1 aliphatic heterocycles. The fourth-order valence-electron chi connectivity index (χ4n) is 4.55. The number of aromatic carboxylic acids is 1. The summed E-state index contributed by atoms with van der Waals surface area (Å²) >= 11 is 0. The largest absolute Gasteiger partial charge is 0.496 e. The highest BCUT2D eigenvalue weighted by molar-refractivity contribution is 5.92. The van der Waals surface area contributed by atoms with Crippen molar-refractivity contribution in [1.82, 2.24) is 9.55 Å². The summed E-state index contributed by atoms with van der Waals surface area (Å²) < 4.78 is 22.3. The molecule has 1 saturated heterocycles. The van der Waals surface area contributed by atoms with E-state index >= 15 is 4.39 Å². The Bertz CT molecular complexity index is 1290. The van der Waals surface area contributed by atoms with Gasteiger partial charge >= 0.3 is 5.97 Å². The van der Waals surface area contributed by atoms with E-state index in [2.05, 4.69) is 4.98 Å². The number of anilines is 1. The van der Waals surface area contributed by atoms with Gasteiger partial charge in [0.15, 0.2) is 11.6 Å². The molecule has 2 aliphatic rings. The lowest BCUT2D eigenvalue weighted by atomic mass is 9.94. The highest BCUT2D eigenvalue weighted by Gasteiger charge is 2.36. The number of fused-ring (bicyclic) bond motifs is 1. The van der Waals surface area contributed by atoms with E-state index in [9.17, 15) is 14.7 Å². The van der Waals surface area contributed by atoms with Crippen molar-refractivity contribution < 1.29 is 19.0 Å². The zero-order valence-electron chi connectivity index (χ0n) is 17.5. The second-order valence-corrected chi connectivity index (χ2v) is 8.40. The fourth-order valence-corrected chi connectivity index (χ4v) is 4.55. The number of hydrogen-bond donors (Lipinski definition) is 2. The van der Waals surface area contributed by atoms with Crippen molar-refractivity contribution in [2.75, 3.05) is 25.1 Å². The summed E-state index contributed by atoms with van der Waals surface area (Å²) in [5, 5.41) is 9.37. The lowest BCUT2D eigenvalue weighted by Crippen LogP contribution is -2.29. The van der Waals surface area contributed by atoms with Crippen molar-refractivity contribution in [1.29, 1.82) is 0 Å². The number of halogens is 1. The molecule has 32 heavy (non-hydrogen) atoms. The van der Waals surface area contributed by atoms with Crippen LogP contribution in [0.1, 0.15) is 40.7 Å². The summed E-state index contributed by atoms with van der Waals surface area (Å²) in [6.07, 6.45) is 3.04. The van der Waals surface area contributed by atoms with Crippen molar-refractivity contribution in [3.63, 3.8) is 0 Å². The van der Waals surface area contributed by atoms with Gasteiger partial charge < -0.3 is 25.0 Å². The summed E-state index contributed by atoms with van der Waals surface area (Å²) in [5.74, 6) is -1.25. The summed E-state index contributed by atoms with van der Waals surface area (Å²) in [6, 6.07) is 8.52. The lowest BCUT2D eigenvalue weighted by molar-refractivity contribution is 0.0695. The molecule has 1 saturated carbocycles. The molecule has 8 nitrogen and oxygen atoms in total. The van der Waals surface area contributed by atoms with Crippen molar-refractivity contribution in [2.24, 2.45) is 5.73 Å². The molecule has 0 bridgehead atoms. The molecule has 0 spiro atoms. The highest BCUT2D eigenvalue weighted by atomic mass is 19.1. The van der Waals surface area contributed by atoms with Crippen LogP contribution in [0.25, 0.3) is 11.0 Å². The Morgan fingerprint density at radius 1 is 1.28 bits per heavy atom. The van der Waals surface area contributed by atoms with Gasteiger partial charge in [0.2, 0.25) is 5.43 Å². The Morgan fingerprint density at radius 3 is 2.72 bits per heavy atom. The molecule has 0 amide bonds. The minimum Gasteiger partial charge on any atom is -0.496 e. The fraction of sp³-hybridized carbons (Fsp3) is 0.348. The van der Waals surface area contributed by atoms with E-state index in [0.717, 1.165) is 30.2 Å². The molecule has 0 radical (unpaired) electrons. The van der Waals surface area contributed by atoms with Gasteiger partial charge in [0.05, 0.1) is 12.5 Å². The Kier molecular flexibility index (Phi) is 4.85. The first-order valence-corrected chi connectivity index (χ1v) is 10.5. The van der Waals surface area contributed by atoms with Crippen LogP contribution in [0.4, 0.5) is 10.2 Å². The van der Waals surface area contributed by atoms with Gasteiger partial charge in [0.25, 0.3) is 0 Å². The van der Waals surface area contributed by atoms with E-state index in [1.807, 2.05) is 24.3 Å². The van der Waals surface area contributed by atoms with E-state index < -0.39 is 17.2 Å². The maximum Gasteiger partial charge on any atom is 0.341 e. The number of carbonyl (C=O) groups is 1. The zero-order valence-corrected chi connectivity index (χ0v) is 17.5. The van der Waals surface area contributed by atoms with Gasteiger partial charge in [-0.15, -0.1) is 0 Å². The van der Waals surface area contributed by atoms with Crippen LogP contribution >= 0.6 is 0 Å². The molecule has 3 aromatic rings. The smallest absolute Gasteiger partial charge is 0.341 e. The number of aromatic nitrogens is 2.